The molecule has 0 saturated carbocycles. The molecule has 2 N–H and O–H groups in total. The van der Waals surface area contributed by atoms with Gasteiger partial charge in [-0.25, -0.2) is 4.99 Å². The van der Waals surface area contributed by atoms with Crippen LogP contribution in [-0.4, -0.2) is 45.4 Å². The molecule has 1 aliphatic rings. The molecule has 0 bridgehead atoms. The number of ether oxygens (including phenoxy) is 2. The average Bonchev–Trinajstić information content (AvgIpc) is 3.21. The minimum absolute atomic E-state index is 0.00690. The molecule has 0 spiro atoms. The van der Waals surface area contributed by atoms with Crippen molar-refractivity contribution in [3.8, 4) is 11.5 Å². The number of hydrogen-bond donors (Lipinski definition) is 2. The molecule has 1 saturated heterocycles. The molecule has 0 aromatic heterocycles. The number of rotatable bonds is 8. The highest BCUT2D eigenvalue weighted by atomic mass is 19.3. The van der Waals surface area contributed by atoms with Crippen molar-refractivity contribution in [2.45, 2.75) is 32.5 Å². The van der Waals surface area contributed by atoms with Crippen molar-refractivity contribution in [3.63, 3.8) is 0 Å². The number of anilines is 1. The van der Waals surface area contributed by atoms with Gasteiger partial charge in [0.2, 0.25) is 0 Å². The first kappa shape index (κ1) is 21.7. The second kappa shape index (κ2) is 10.7. The van der Waals surface area contributed by atoms with Crippen LogP contribution in [0.3, 0.4) is 0 Å². The summed E-state index contributed by atoms with van der Waals surface area (Å²) in [5, 5.41) is 6.73. The van der Waals surface area contributed by atoms with Crippen LogP contribution in [-0.2, 0) is 6.54 Å². The van der Waals surface area contributed by atoms with Crippen molar-refractivity contribution in [1.82, 2.24) is 10.6 Å². The van der Waals surface area contributed by atoms with E-state index in [0.29, 0.717) is 12.5 Å². The van der Waals surface area contributed by atoms with E-state index in [-0.39, 0.29) is 17.5 Å². The normalized spacial score (nSPS) is 16.6. The fourth-order valence-corrected chi connectivity index (χ4v) is 3.44. The predicted molar refractivity (Wildman–Crippen MR) is 115 cm³/mol. The molecule has 3 rings (SSSR count). The Morgan fingerprint density at radius 1 is 1.20 bits per heavy atom. The third kappa shape index (κ3) is 5.98. The lowest BCUT2D eigenvalue weighted by atomic mass is 10.2. The monoisotopic (exact) mass is 418 g/mol. The summed E-state index contributed by atoms with van der Waals surface area (Å²) in [6, 6.07) is 15.5. The van der Waals surface area contributed by atoms with E-state index in [2.05, 4.69) is 37.4 Å². The van der Waals surface area contributed by atoms with E-state index >= 15 is 0 Å². The molecular formula is C22H28F2N4O2. The van der Waals surface area contributed by atoms with Crippen LogP contribution in [0.15, 0.2) is 53.5 Å². The number of nitrogens with one attached hydrogen (secondary N) is 2. The minimum Gasteiger partial charge on any atom is -0.493 e. The highest BCUT2D eigenvalue weighted by Crippen LogP contribution is 2.29. The van der Waals surface area contributed by atoms with Crippen LogP contribution in [0.4, 0.5) is 14.5 Å². The number of methoxy groups -OCH3 is 1. The van der Waals surface area contributed by atoms with Gasteiger partial charge < -0.3 is 25.0 Å². The van der Waals surface area contributed by atoms with Crippen LogP contribution in [0, 0.1) is 0 Å². The maximum absolute atomic E-state index is 12.6. The van der Waals surface area contributed by atoms with Gasteiger partial charge in [0.1, 0.15) is 0 Å². The van der Waals surface area contributed by atoms with Crippen molar-refractivity contribution in [3.05, 3.63) is 54.1 Å². The Labute approximate surface area is 175 Å². The smallest absolute Gasteiger partial charge is 0.387 e. The third-order valence-corrected chi connectivity index (χ3v) is 4.86. The van der Waals surface area contributed by atoms with E-state index in [1.165, 1.54) is 18.9 Å². The average molecular weight is 418 g/mol. The summed E-state index contributed by atoms with van der Waals surface area (Å²) in [4.78, 5) is 6.96. The van der Waals surface area contributed by atoms with Crippen molar-refractivity contribution in [2.75, 3.05) is 31.6 Å². The maximum atomic E-state index is 12.6. The van der Waals surface area contributed by atoms with E-state index in [1.807, 2.05) is 25.1 Å². The van der Waals surface area contributed by atoms with Crippen LogP contribution in [0.2, 0.25) is 0 Å². The molecule has 1 atom stereocenters. The van der Waals surface area contributed by atoms with Crippen molar-refractivity contribution >= 4 is 11.6 Å². The summed E-state index contributed by atoms with van der Waals surface area (Å²) in [5.41, 5.74) is 1.97. The summed E-state index contributed by atoms with van der Waals surface area (Å²) < 4.78 is 34.9. The quantitative estimate of drug-likeness (QED) is 0.507. The maximum Gasteiger partial charge on any atom is 0.387 e. The Kier molecular flexibility index (Phi) is 7.70. The molecule has 1 heterocycles. The molecule has 30 heavy (non-hydrogen) atoms. The Morgan fingerprint density at radius 3 is 2.70 bits per heavy atom. The molecule has 2 aromatic carbocycles. The van der Waals surface area contributed by atoms with Crippen LogP contribution in [0.5, 0.6) is 11.5 Å². The van der Waals surface area contributed by atoms with Crippen molar-refractivity contribution in [2.24, 2.45) is 4.99 Å². The first-order valence-corrected chi connectivity index (χ1v) is 10.1. The molecule has 162 valence electrons. The fourth-order valence-electron chi connectivity index (χ4n) is 3.44. The molecule has 0 aliphatic carbocycles. The van der Waals surface area contributed by atoms with Gasteiger partial charge in [-0.05, 0) is 43.2 Å². The summed E-state index contributed by atoms with van der Waals surface area (Å²) >= 11 is 0. The second-order valence-corrected chi connectivity index (χ2v) is 6.97. The lowest BCUT2D eigenvalue weighted by molar-refractivity contribution is -0.0512. The van der Waals surface area contributed by atoms with E-state index < -0.39 is 6.61 Å². The SMILES string of the molecule is CCNC(=NCc1ccc(OC)c(OC(F)F)c1)NC1CCN(c2ccccc2)C1. The van der Waals surface area contributed by atoms with Crippen LogP contribution < -0.4 is 25.0 Å². The standard InChI is InChI=1S/C22H28F2N4O2/c1-3-25-22(27-17-11-12-28(15-17)18-7-5-4-6-8-18)26-14-16-9-10-19(29-2)20(13-16)30-21(23)24/h4-10,13,17,21H,3,11-12,14-15H2,1-2H3,(H2,25,26,27). The van der Waals surface area contributed by atoms with Gasteiger partial charge in [-0.3, -0.25) is 0 Å². The second-order valence-electron chi connectivity index (χ2n) is 6.97. The third-order valence-electron chi connectivity index (χ3n) is 4.86. The van der Waals surface area contributed by atoms with E-state index in [1.54, 1.807) is 12.1 Å². The largest absolute Gasteiger partial charge is 0.493 e. The fraction of sp³-hybridized carbons (Fsp3) is 0.409. The Morgan fingerprint density at radius 2 is 2.00 bits per heavy atom. The number of alkyl halides is 2. The summed E-state index contributed by atoms with van der Waals surface area (Å²) in [7, 11) is 1.42. The number of benzene rings is 2. The van der Waals surface area contributed by atoms with Gasteiger partial charge in [0.15, 0.2) is 17.5 Å². The van der Waals surface area contributed by atoms with Gasteiger partial charge in [-0.15, -0.1) is 0 Å². The number of guanidine groups is 1. The van der Waals surface area contributed by atoms with E-state index in [4.69, 9.17) is 4.74 Å². The lowest BCUT2D eigenvalue weighted by Crippen LogP contribution is -2.44. The Balaban J connectivity index is 1.63. The molecule has 6 nitrogen and oxygen atoms in total. The molecular weight excluding hydrogens is 390 g/mol. The molecule has 0 radical (unpaired) electrons. The number of para-hydroxylation sites is 1. The van der Waals surface area contributed by atoms with Gasteiger partial charge in [0.05, 0.1) is 13.7 Å². The Hall–Kier alpha value is -3.03. The van der Waals surface area contributed by atoms with Crippen molar-refractivity contribution in [1.29, 1.82) is 0 Å². The topological polar surface area (TPSA) is 58.1 Å². The highest BCUT2D eigenvalue weighted by Gasteiger charge is 2.23. The van der Waals surface area contributed by atoms with Gasteiger partial charge in [-0.1, -0.05) is 24.3 Å². The van der Waals surface area contributed by atoms with Crippen LogP contribution >= 0.6 is 0 Å². The van der Waals surface area contributed by atoms with Gasteiger partial charge in [0, 0.05) is 31.4 Å². The first-order valence-electron chi connectivity index (χ1n) is 10.1. The predicted octanol–water partition coefficient (Wildman–Crippen LogP) is 3.63. The van der Waals surface area contributed by atoms with E-state index in [0.717, 1.165) is 31.6 Å². The van der Waals surface area contributed by atoms with E-state index in [9.17, 15) is 8.78 Å². The number of halogens is 2. The number of aliphatic imine (C=N–C) groups is 1. The summed E-state index contributed by atoms with van der Waals surface area (Å²) in [5.74, 6) is 0.969. The first-order chi connectivity index (χ1) is 14.6. The van der Waals surface area contributed by atoms with Crippen molar-refractivity contribution < 1.29 is 18.3 Å². The van der Waals surface area contributed by atoms with Crippen LogP contribution in [0.25, 0.3) is 0 Å². The molecule has 1 fully saturated rings. The lowest BCUT2D eigenvalue weighted by Gasteiger charge is -2.20. The minimum atomic E-state index is -2.91. The molecule has 1 unspecified atom stereocenters. The number of nitrogens with zero attached hydrogens (tertiary/aromatic N) is 2. The summed E-state index contributed by atoms with van der Waals surface area (Å²) in [6.07, 6.45) is 1.01. The zero-order valence-electron chi connectivity index (χ0n) is 17.3. The molecule has 8 heteroatoms. The molecule has 1 aliphatic heterocycles. The van der Waals surface area contributed by atoms with Gasteiger partial charge in [0.25, 0.3) is 0 Å². The molecule has 0 amide bonds. The zero-order valence-corrected chi connectivity index (χ0v) is 17.3. The van der Waals surface area contributed by atoms with Gasteiger partial charge in [-0.2, -0.15) is 8.78 Å². The Bertz CT molecular complexity index is 833. The highest BCUT2D eigenvalue weighted by molar-refractivity contribution is 5.80. The summed E-state index contributed by atoms with van der Waals surface area (Å²) in [6.45, 7) is 2.02. The zero-order chi connectivity index (χ0) is 21.3. The van der Waals surface area contributed by atoms with Gasteiger partial charge >= 0.3 is 6.61 Å². The number of hydrogen-bond acceptors (Lipinski definition) is 4. The van der Waals surface area contributed by atoms with Crippen LogP contribution in [0.1, 0.15) is 18.9 Å². The molecule has 2 aromatic rings.